The Morgan fingerprint density at radius 3 is 2.65 bits per heavy atom. The lowest BCUT2D eigenvalue weighted by atomic mass is 10.1. The summed E-state index contributed by atoms with van der Waals surface area (Å²) in [6.07, 6.45) is -0.873. The van der Waals surface area contributed by atoms with Crippen LogP contribution in [0.5, 0.6) is 0 Å². The van der Waals surface area contributed by atoms with Crippen molar-refractivity contribution in [2.45, 2.75) is 20.0 Å². The molecule has 1 amide bonds. The third-order valence-corrected chi connectivity index (χ3v) is 3.07. The number of amides is 1. The number of benzene rings is 1. The van der Waals surface area contributed by atoms with Gasteiger partial charge in [0, 0.05) is 31.1 Å². The van der Waals surface area contributed by atoms with Crippen molar-refractivity contribution in [3.05, 3.63) is 35.6 Å². The van der Waals surface area contributed by atoms with Gasteiger partial charge >= 0.3 is 0 Å². The lowest BCUT2D eigenvalue weighted by Gasteiger charge is -2.21. The van der Waals surface area contributed by atoms with Crippen LogP contribution in [-0.4, -0.2) is 42.6 Å². The molecule has 1 aromatic carbocycles. The maximum Gasteiger partial charge on any atom is 0.222 e. The van der Waals surface area contributed by atoms with Crippen molar-refractivity contribution in [1.29, 1.82) is 0 Å². The van der Waals surface area contributed by atoms with Crippen molar-refractivity contribution in [2.75, 3.05) is 26.7 Å². The smallest absolute Gasteiger partial charge is 0.222 e. The second kappa shape index (κ2) is 7.97. The Bertz CT molecular complexity index is 438. The van der Waals surface area contributed by atoms with Crippen LogP contribution in [0.3, 0.4) is 0 Å². The van der Waals surface area contributed by atoms with Gasteiger partial charge in [-0.25, -0.2) is 4.39 Å². The molecule has 20 heavy (non-hydrogen) atoms. The molecule has 0 bridgehead atoms. The molecule has 1 rings (SSSR count). The largest absolute Gasteiger partial charge is 0.387 e. The minimum Gasteiger partial charge on any atom is -0.387 e. The van der Waals surface area contributed by atoms with Gasteiger partial charge in [-0.05, 0) is 13.1 Å². The van der Waals surface area contributed by atoms with Crippen molar-refractivity contribution < 1.29 is 14.3 Å². The van der Waals surface area contributed by atoms with Crippen molar-refractivity contribution in [1.82, 2.24) is 10.2 Å². The SMILES string of the molecule is CC(C)C(=O)NCCN(C)CC(O)c1ccccc1F. The molecule has 0 aromatic heterocycles. The van der Waals surface area contributed by atoms with Crippen molar-refractivity contribution in [3.8, 4) is 0 Å². The topological polar surface area (TPSA) is 52.6 Å². The summed E-state index contributed by atoms with van der Waals surface area (Å²) in [5.41, 5.74) is 0.297. The van der Waals surface area contributed by atoms with E-state index in [1.165, 1.54) is 6.07 Å². The van der Waals surface area contributed by atoms with Crippen LogP contribution in [0.1, 0.15) is 25.5 Å². The third kappa shape index (κ3) is 5.27. The Balaban J connectivity index is 2.37. The fourth-order valence-corrected chi connectivity index (χ4v) is 1.80. The summed E-state index contributed by atoms with van der Waals surface area (Å²) in [6, 6.07) is 6.21. The van der Waals surface area contributed by atoms with E-state index >= 15 is 0 Å². The summed E-state index contributed by atoms with van der Waals surface area (Å²) >= 11 is 0. The van der Waals surface area contributed by atoms with E-state index in [4.69, 9.17) is 0 Å². The number of halogens is 1. The molecule has 5 heteroatoms. The van der Waals surface area contributed by atoms with Crippen LogP contribution in [0, 0.1) is 11.7 Å². The second-order valence-corrected chi connectivity index (χ2v) is 5.25. The van der Waals surface area contributed by atoms with E-state index in [2.05, 4.69) is 5.32 Å². The fourth-order valence-electron chi connectivity index (χ4n) is 1.80. The van der Waals surface area contributed by atoms with Crippen LogP contribution in [0.15, 0.2) is 24.3 Å². The molecule has 2 N–H and O–H groups in total. The predicted molar refractivity (Wildman–Crippen MR) is 76.7 cm³/mol. The van der Waals surface area contributed by atoms with E-state index in [1.807, 2.05) is 25.8 Å². The number of likely N-dealkylation sites (N-methyl/N-ethyl adjacent to an activating group) is 1. The molecule has 0 aliphatic rings. The Morgan fingerprint density at radius 2 is 2.05 bits per heavy atom. The highest BCUT2D eigenvalue weighted by Gasteiger charge is 2.14. The Hall–Kier alpha value is -1.46. The molecule has 1 atom stereocenters. The fraction of sp³-hybridized carbons (Fsp3) is 0.533. The molecular weight excluding hydrogens is 259 g/mol. The van der Waals surface area contributed by atoms with E-state index in [9.17, 15) is 14.3 Å². The first-order valence-electron chi connectivity index (χ1n) is 6.80. The number of aliphatic hydroxyl groups excluding tert-OH is 1. The summed E-state index contributed by atoms with van der Waals surface area (Å²) in [5.74, 6) is -0.432. The first-order chi connectivity index (χ1) is 9.41. The third-order valence-electron chi connectivity index (χ3n) is 3.07. The zero-order valence-electron chi connectivity index (χ0n) is 12.3. The van der Waals surface area contributed by atoms with E-state index in [0.29, 0.717) is 25.2 Å². The predicted octanol–water partition coefficient (Wildman–Crippen LogP) is 1.56. The second-order valence-electron chi connectivity index (χ2n) is 5.25. The van der Waals surface area contributed by atoms with Gasteiger partial charge in [0.15, 0.2) is 0 Å². The van der Waals surface area contributed by atoms with E-state index in [-0.39, 0.29) is 11.8 Å². The number of rotatable bonds is 7. The average molecular weight is 282 g/mol. The maximum absolute atomic E-state index is 13.5. The van der Waals surface area contributed by atoms with E-state index in [1.54, 1.807) is 18.2 Å². The van der Waals surface area contributed by atoms with Gasteiger partial charge in [0.2, 0.25) is 5.91 Å². The van der Waals surface area contributed by atoms with Gasteiger partial charge in [0.1, 0.15) is 5.82 Å². The highest BCUT2D eigenvalue weighted by molar-refractivity contribution is 5.77. The number of hydrogen-bond acceptors (Lipinski definition) is 3. The highest BCUT2D eigenvalue weighted by Crippen LogP contribution is 2.17. The van der Waals surface area contributed by atoms with Gasteiger partial charge in [-0.1, -0.05) is 32.0 Å². The zero-order chi connectivity index (χ0) is 15.1. The molecule has 0 saturated carbocycles. The van der Waals surface area contributed by atoms with E-state index in [0.717, 1.165) is 0 Å². The van der Waals surface area contributed by atoms with Crippen LogP contribution in [0.25, 0.3) is 0 Å². The lowest BCUT2D eigenvalue weighted by molar-refractivity contribution is -0.124. The van der Waals surface area contributed by atoms with Crippen molar-refractivity contribution >= 4 is 5.91 Å². The average Bonchev–Trinajstić information content (AvgIpc) is 2.38. The molecule has 1 aromatic rings. The van der Waals surface area contributed by atoms with Gasteiger partial charge in [-0.2, -0.15) is 0 Å². The summed E-state index contributed by atoms with van der Waals surface area (Å²) < 4.78 is 13.5. The van der Waals surface area contributed by atoms with Gasteiger partial charge < -0.3 is 15.3 Å². The van der Waals surface area contributed by atoms with Crippen LogP contribution < -0.4 is 5.32 Å². The zero-order valence-corrected chi connectivity index (χ0v) is 12.3. The number of aliphatic hydroxyl groups is 1. The van der Waals surface area contributed by atoms with Gasteiger partial charge in [-0.15, -0.1) is 0 Å². The van der Waals surface area contributed by atoms with Crippen LogP contribution in [-0.2, 0) is 4.79 Å². The molecule has 0 aliphatic carbocycles. The summed E-state index contributed by atoms with van der Waals surface area (Å²) in [4.78, 5) is 13.2. The number of nitrogens with zero attached hydrogens (tertiary/aromatic N) is 1. The minimum atomic E-state index is -0.873. The number of hydrogen-bond donors (Lipinski definition) is 2. The molecule has 0 saturated heterocycles. The molecular formula is C15H23FN2O2. The van der Waals surface area contributed by atoms with E-state index < -0.39 is 11.9 Å². The molecule has 0 aliphatic heterocycles. The maximum atomic E-state index is 13.5. The molecule has 112 valence electrons. The van der Waals surface area contributed by atoms with Crippen LogP contribution in [0.2, 0.25) is 0 Å². The number of carbonyl (C=O) groups is 1. The molecule has 0 spiro atoms. The van der Waals surface area contributed by atoms with Crippen molar-refractivity contribution in [3.63, 3.8) is 0 Å². The summed E-state index contributed by atoms with van der Waals surface area (Å²) in [7, 11) is 1.82. The molecule has 0 heterocycles. The first-order valence-corrected chi connectivity index (χ1v) is 6.80. The summed E-state index contributed by atoms with van der Waals surface area (Å²) in [5, 5.41) is 12.8. The quantitative estimate of drug-likeness (QED) is 0.798. The standard InChI is InChI=1S/C15H23FN2O2/c1-11(2)15(20)17-8-9-18(3)10-14(19)12-6-4-5-7-13(12)16/h4-7,11,14,19H,8-10H2,1-3H3,(H,17,20). The lowest BCUT2D eigenvalue weighted by Crippen LogP contribution is -2.36. The Kier molecular flexibility index (Phi) is 6.61. The number of nitrogens with one attached hydrogen (secondary N) is 1. The monoisotopic (exact) mass is 282 g/mol. The van der Waals surface area contributed by atoms with Crippen LogP contribution >= 0.6 is 0 Å². The van der Waals surface area contributed by atoms with Crippen molar-refractivity contribution in [2.24, 2.45) is 5.92 Å². The molecule has 4 nitrogen and oxygen atoms in total. The Labute approximate surface area is 119 Å². The molecule has 0 radical (unpaired) electrons. The van der Waals surface area contributed by atoms with Crippen LogP contribution in [0.4, 0.5) is 4.39 Å². The number of carbonyl (C=O) groups excluding carboxylic acids is 1. The minimum absolute atomic E-state index is 0.00746. The Morgan fingerprint density at radius 1 is 1.40 bits per heavy atom. The highest BCUT2D eigenvalue weighted by atomic mass is 19.1. The normalized spacial score (nSPS) is 12.8. The van der Waals surface area contributed by atoms with Gasteiger partial charge in [0.05, 0.1) is 6.10 Å². The molecule has 0 fully saturated rings. The van der Waals surface area contributed by atoms with Gasteiger partial charge in [0.25, 0.3) is 0 Å². The molecule has 1 unspecified atom stereocenters. The summed E-state index contributed by atoms with van der Waals surface area (Å²) in [6.45, 7) is 5.10. The van der Waals surface area contributed by atoms with Gasteiger partial charge in [-0.3, -0.25) is 4.79 Å². The first kappa shape index (κ1) is 16.6.